The van der Waals surface area contributed by atoms with Crippen LogP contribution < -0.4 is 14.2 Å². The maximum atomic E-state index is 12.1. The van der Waals surface area contributed by atoms with E-state index in [-0.39, 0.29) is 18.9 Å². The number of benzene rings is 1. The Morgan fingerprint density at radius 1 is 1.08 bits per heavy atom. The molecule has 0 aliphatic carbocycles. The summed E-state index contributed by atoms with van der Waals surface area (Å²) < 4.78 is 20.9. The average molecular weight is 365 g/mol. The Kier molecular flexibility index (Phi) is 8.48. The predicted octanol–water partition coefficient (Wildman–Crippen LogP) is 2.22. The Hall–Kier alpha value is -2.70. The van der Waals surface area contributed by atoms with Crippen LogP contribution >= 0.6 is 0 Å². The van der Waals surface area contributed by atoms with Crippen molar-refractivity contribution in [3.63, 3.8) is 0 Å². The first-order valence-corrected chi connectivity index (χ1v) is 8.22. The van der Waals surface area contributed by atoms with E-state index in [4.69, 9.17) is 18.9 Å². The van der Waals surface area contributed by atoms with Crippen molar-refractivity contribution in [1.29, 1.82) is 0 Å². The number of carbonyl (C=O) groups excluding carboxylic acids is 2. The monoisotopic (exact) mass is 365 g/mol. The Morgan fingerprint density at radius 2 is 1.65 bits per heavy atom. The minimum absolute atomic E-state index is 0.0173. The first kappa shape index (κ1) is 21.3. The number of hydrogen-bond donors (Lipinski definition) is 0. The lowest BCUT2D eigenvalue weighted by Crippen LogP contribution is -2.35. The molecule has 0 unspecified atom stereocenters. The van der Waals surface area contributed by atoms with Gasteiger partial charge in [0.05, 0.1) is 27.8 Å². The molecule has 0 N–H and O–H groups in total. The zero-order valence-corrected chi connectivity index (χ0v) is 16.1. The van der Waals surface area contributed by atoms with E-state index in [9.17, 15) is 9.59 Å². The molecule has 1 aromatic rings. The SMILES string of the molecule is C=C(C)CN(CC)C(=O)COC(=O)Cc1cc(OC)c(OC)c(OC)c1. The van der Waals surface area contributed by atoms with Crippen LogP contribution in [0.4, 0.5) is 0 Å². The zero-order valence-electron chi connectivity index (χ0n) is 16.1. The number of rotatable bonds is 10. The largest absolute Gasteiger partial charge is 0.493 e. The van der Waals surface area contributed by atoms with E-state index in [0.29, 0.717) is 35.9 Å². The molecule has 0 aromatic heterocycles. The highest BCUT2D eigenvalue weighted by Gasteiger charge is 2.17. The molecule has 1 aromatic carbocycles. The second-order valence-electron chi connectivity index (χ2n) is 5.74. The molecule has 0 aliphatic heterocycles. The summed E-state index contributed by atoms with van der Waals surface area (Å²) >= 11 is 0. The third-order valence-electron chi connectivity index (χ3n) is 3.62. The minimum atomic E-state index is -0.515. The Bertz CT molecular complexity index is 630. The predicted molar refractivity (Wildman–Crippen MR) is 97.8 cm³/mol. The van der Waals surface area contributed by atoms with Crippen LogP contribution in [0, 0.1) is 0 Å². The number of esters is 1. The molecule has 0 aliphatic rings. The molecule has 0 bridgehead atoms. The van der Waals surface area contributed by atoms with Gasteiger partial charge in [0.2, 0.25) is 5.75 Å². The van der Waals surface area contributed by atoms with Crippen LogP contribution in [0.25, 0.3) is 0 Å². The molecule has 144 valence electrons. The maximum Gasteiger partial charge on any atom is 0.310 e. The van der Waals surface area contributed by atoms with Crippen molar-refractivity contribution in [2.24, 2.45) is 0 Å². The van der Waals surface area contributed by atoms with Gasteiger partial charge in [0.15, 0.2) is 18.1 Å². The van der Waals surface area contributed by atoms with Crippen LogP contribution in [0.3, 0.4) is 0 Å². The molecule has 0 saturated heterocycles. The summed E-state index contributed by atoms with van der Waals surface area (Å²) in [6.07, 6.45) is -0.0173. The van der Waals surface area contributed by atoms with Crippen molar-refractivity contribution in [3.8, 4) is 17.2 Å². The third-order valence-corrected chi connectivity index (χ3v) is 3.62. The lowest BCUT2D eigenvalue weighted by atomic mass is 10.1. The van der Waals surface area contributed by atoms with Gasteiger partial charge in [-0.15, -0.1) is 0 Å². The third kappa shape index (κ3) is 5.98. The molecule has 0 radical (unpaired) electrons. The second-order valence-corrected chi connectivity index (χ2v) is 5.74. The fourth-order valence-corrected chi connectivity index (χ4v) is 2.39. The van der Waals surface area contributed by atoms with Gasteiger partial charge in [0.25, 0.3) is 5.91 Å². The van der Waals surface area contributed by atoms with Crippen molar-refractivity contribution in [2.75, 3.05) is 41.0 Å². The Labute approximate surface area is 154 Å². The number of amides is 1. The van der Waals surface area contributed by atoms with Gasteiger partial charge in [-0.25, -0.2) is 0 Å². The van der Waals surface area contributed by atoms with E-state index in [1.54, 1.807) is 17.0 Å². The van der Waals surface area contributed by atoms with Crippen molar-refractivity contribution >= 4 is 11.9 Å². The quantitative estimate of drug-likeness (QED) is 0.468. The van der Waals surface area contributed by atoms with E-state index < -0.39 is 5.97 Å². The van der Waals surface area contributed by atoms with Gasteiger partial charge in [-0.3, -0.25) is 9.59 Å². The highest BCUT2D eigenvalue weighted by atomic mass is 16.5. The summed E-state index contributed by atoms with van der Waals surface area (Å²) in [6.45, 7) is 8.15. The molecule has 0 fully saturated rings. The molecular weight excluding hydrogens is 338 g/mol. The van der Waals surface area contributed by atoms with Gasteiger partial charge in [-0.1, -0.05) is 12.2 Å². The van der Waals surface area contributed by atoms with Crippen molar-refractivity contribution in [1.82, 2.24) is 4.90 Å². The van der Waals surface area contributed by atoms with Crippen LogP contribution in [0.1, 0.15) is 19.4 Å². The van der Waals surface area contributed by atoms with Crippen molar-refractivity contribution in [3.05, 3.63) is 29.8 Å². The number of likely N-dealkylation sites (N-methyl/N-ethyl adjacent to an activating group) is 1. The van der Waals surface area contributed by atoms with E-state index in [1.165, 1.54) is 21.3 Å². The van der Waals surface area contributed by atoms with E-state index in [0.717, 1.165) is 5.57 Å². The molecule has 0 saturated carbocycles. The normalized spacial score (nSPS) is 10.0. The Morgan fingerprint density at radius 3 is 2.08 bits per heavy atom. The van der Waals surface area contributed by atoms with Crippen LogP contribution in [-0.4, -0.2) is 57.8 Å². The highest BCUT2D eigenvalue weighted by Crippen LogP contribution is 2.38. The van der Waals surface area contributed by atoms with Gasteiger partial charge in [0, 0.05) is 13.1 Å². The van der Waals surface area contributed by atoms with Crippen LogP contribution in [0.5, 0.6) is 17.2 Å². The number of methoxy groups -OCH3 is 3. The van der Waals surface area contributed by atoms with Crippen LogP contribution in [-0.2, 0) is 20.7 Å². The number of hydrogen-bond acceptors (Lipinski definition) is 6. The van der Waals surface area contributed by atoms with E-state index in [1.807, 2.05) is 13.8 Å². The van der Waals surface area contributed by atoms with Gasteiger partial charge in [0.1, 0.15) is 0 Å². The summed E-state index contributed by atoms with van der Waals surface area (Å²) in [5, 5.41) is 0. The molecule has 7 nitrogen and oxygen atoms in total. The van der Waals surface area contributed by atoms with Gasteiger partial charge in [-0.2, -0.15) is 0 Å². The standard InChI is InChI=1S/C19H27NO6/c1-7-20(11-13(2)3)17(21)12-26-18(22)10-14-8-15(23-4)19(25-6)16(9-14)24-5/h8-9H,2,7,10-12H2,1,3-6H3. The number of nitrogens with zero attached hydrogens (tertiary/aromatic N) is 1. The van der Waals surface area contributed by atoms with Gasteiger partial charge < -0.3 is 23.8 Å². The maximum absolute atomic E-state index is 12.1. The number of ether oxygens (including phenoxy) is 4. The summed E-state index contributed by atoms with van der Waals surface area (Å²) in [5.74, 6) is 0.571. The molecule has 7 heteroatoms. The molecular formula is C19H27NO6. The molecule has 0 heterocycles. The summed E-state index contributed by atoms with van der Waals surface area (Å²) in [7, 11) is 4.50. The number of carbonyl (C=O) groups is 2. The molecule has 1 rings (SSSR count). The summed E-state index contributed by atoms with van der Waals surface area (Å²) in [5.41, 5.74) is 1.50. The van der Waals surface area contributed by atoms with Gasteiger partial charge >= 0.3 is 5.97 Å². The van der Waals surface area contributed by atoms with Crippen LogP contribution in [0.15, 0.2) is 24.3 Å². The lowest BCUT2D eigenvalue weighted by molar-refractivity contribution is -0.151. The first-order valence-electron chi connectivity index (χ1n) is 8.22. The summed E-state index contributed by atoms with van der Waals surface area (Å²) in [6, 6.07) is 3.34. The molecule has 0 spiro atoms. The van der Waals surface area contributed by atoms with E-state index >= 15 is 0 Å². The van der Waals surface area contributed by atoms with Crippen molar-refractivity contribution in [2.45, 2.75) is 20.3 Å². The fourth-order valence-electron chi connectivity index (χ4n) is 2.39. The van der Waals surface area contributed by atoms with Crippen LogP contribution in [0.2, 0.25) is 0 Å². The lowest BCUT2D eigenvalue weighted by Gasteiger charge is -2.20. The first-order chi connectivity index (χ1) is 12.4. The fraction of sp³-hybridized carbons (Fsp3) is 0.474. The topological polar surface area (TPSA) is 74.3 Å². The van der Waals surface area contributed by atoms with E-state index in [2.05, 4.69) is 6.58 Å². The Balaban J connectivity index is 2.73. The second kappa shape index (κ2) is 10.3. The van der Waals surface area contributed by atoms with Gasteiger partial charge in [-0.05, 0) is 31.5 Å². The zero-order chi connectivity index (χ0) is 19.7. The molecule has 26 heavy (non-hydrogen) atoms. The average Bonchev–Trinajstić information content (AvgIpc) is 2.62. The summed E-state index contributed by atoms with van der Waals surface area (Å²) in [4.78, 5) is 25.8. The molecule has 0 atom stereocenters. The molecule has 1 amide bonds. The smallest absolute Gasteiger partial charge is 0.310 e. The highest BCUT2D eigenvalue weighted by molar-refractivity contribution is 5.81. The minimum Gasteiger partial charge on any atom is -0.493 e. The van der Waals surface area contributed by atoms with Crippen molar-refractivity contribution < 1.29 is 28.5 Å².